The maximum absolute atomic E-state index is 13.2. The number of nitrogens with one attached hydrogen (secondary N) is 2. The standard InChI is InChI=1S/C30H27ClFN3O3/c1-2-38-29(36)13-14-33-30(37)28-12-7-23(19-35-28)24-15-20(16-25(31)17-24)18-34-27-10-5-22(6-11-27)21-3-8-26(32)9-4-21/h3-12,15-17,19,34H,2,13-14,18H2,1H3,(H,33,37). The predicted molar refractivity (Wildman–Crippen MR) is 147 cm³/mol. The maximum Gasteiger partial charge on any atom is 0.307 e. The molecule has 1 amide bonds. The summed E-state index contributed by atoms with van der Waals surface area (Å²) in [7, 11) is 0. The number of esters is 1. The normalized spacial score (nSPS) is 10.6. The van der Waals surface area contributed by atoms with Gasteiger partial charge in [-0.1, -0.05) is 41.9 Å². The number of carbonyl (C=O) groups excluding carboxylic acids is 2. The number of aromatic nitrogens is 1. The molecule has 0 radical (unpaired) electrons. The van der Waals surface area contributed by atoms with Gasteiger partial charge in [-0.15, -0.1) is 0 Å². The molecule has 4 rings (SSSR count). The van der Waals surface area contributed by atoms with E-state index in [1.165, 1.54) is 12.1 Å². The average Bonchev–Trinajstić information content (AvgIpc) is 2.92. The van der Waals surface area contributed by atoms with Crippen LogP contribution >= 0.6 is 11.6 Å². The van der Waals surface area contributed by atoms with Crippen LogP contribution in [0.1, 0.15) is 29.4 Å². The molecule has 0 bridgehead atoms. The van der Waals surface area contributed by atoms with Crippen LogP contribution in [-0.2, 0) is 16.1 Å². The average molecular weight is 532 g/mol. The van der Waals surface area contributed by atoms with Crippen molar-refractivity contribution in [3.63, 3.8) is 0 Å². The molecule has 4 aromatic rings. The number of rotatable bonds is 10. The second-order valence-corrected chi connectivity index (χ2v) is 8.97. The van der Waals surface area contributed by atoms with E-state index in [9.17, 15) is 14.0 Å². The van der Waals surface area contributed by atoms with Crippen LogP contribution in [0.15, 0.2) is 85.1 Å². The minimum atomic E-state index is -0.359. The third kappa shape index (κ3) is 7.40. The smallest absolute Gasteiger partial charge is 0.307 e. The Balaban J connectivity index is 1.36. The molecule has 0 atom stereocenters. The molecule has 0 spiro atoms. The number of ether oxygens (including phenoxy) is 1. The van der Waals surface area contributed by atoms with Crippen molar-refractivity contribution >= 4 is 29.2 Å². The molecule has 1 aromatic heterocycles. The fourth-order valence-electron chi connectivity index (χ4n) is 3.85. The van der Waals surface area contributed by atoms with E-state index in [0.717, 1.165) is 33.5 Å². The second kappa shape index (κ2) is 12.8. The summed E-state index contributed by atoms with van der Waals surface area (Å²) in [6, 6.07) is 23.5. The monoisotopic (exact) mass is 531 g/mol. The Morgan fingerprint density at radius 3 is 2.24 bits per heavy atom. The van der Waals surface area contributed by atoms with E-state index in [-0.39, 0.29) is 36.4 Å². The number of pyridine rings is 1. The van der Waals surface area contributed by atoms with Gasteiger partial charge in [-0.2, -0.15) is 0 Å². The highest BCUT2D eigenvalue weighted by Gasteiger charge is 2.10. The van der Waals surface area contributed by atoms with Crippen LogP contribution in [0.25, 0.3) is 22.3 Å². The minimum absolute atomic E-state index is 0.107. The Morgan fingerprint density at radius 1 is 0.895 bits per heavy atom. The molecule has 0 fully saturated rings. The molecule has 0 unspecified atom stereocenters. The zero-order chi connectivity index (χ0) is 26.9. The number of nitrogens with zero attached hydrogens (tertiary/aromatic N) is 1. The van der Waals surface area contributed by atoms with E-state index in [2.05, 4.69) is 15.6 Å². The lowest BCUT2D eigenvalue weighted by molar-refractivity contribution is -0.142. The van der Waals surface area contributed by atoms with Gasteiger partial charge in [0.05, 0.1) is 13.0 Å². The summed E-state index contributed by atoms with van der Waals surface area (Å²) in [5.74, 6) is -0.973. The Hall–Kier alpha value is -4.23. The van der Waals surface area contributed by atoms with Gasteiger partial charge in [0.1, 0.15) is 11.5 Å². The number of anilines is 1. The fourth-order valence-corrected chi connectivity index (χ4v) is 4.10. The number of hydrogen-bond donors (Lipinski definition) is 2. The highest BCUT2D eigenvalue weighted by molar-refractivity contribution is 6.31. The third-order valence-corrected chi connectivity index (χ3v) is 5.98. The van der Waals surface area contributed by atoms with Crippen LogP contribution in [0, 0.1) is 5.82 Å². The van der Waals surface area contributed by atoms with Crippen LogP contribution in [0.5, 0.6) is 0 Å². The van der Waals surface area contributed by atoms with Crippen LogP contribution in [0.2, 0.25) is 5.02 Å². The summed E-state index contributed by atoms with van der Waals surface area (Å²) in [6.45, 7) is 2.78. The zero-order valence-corrected chi connectivity index (χ0v) is 21.6. The number of benzene rings is 3. The maximum atomic E-state index is 13.2. The van der Waals surface area contributed by atoms with Gasteiger partial charge in [-0.05, 0) is 77.7 Å². The Labute approximate surface area is 225 Å². The molecular formula is C30H27ClFN3O3. The van der Waals surface area contributed by atoms with Crippen molar-refractivity contribution in [3.05, 3.63) is 107 Å². The zero-order valence-electron chi connectivity index (χ0n) is 20.8. The second-order valence-electron chi connectivity index (χ2n) is 8.53. The molecule has 6 nitrogen and oxygen atoms in total. The van der Waals surface area contributed by atoms with Gasteiger partial charge in [0.2, 0.25) is 0 Å². The third-order valence-electron chi connectivity index (χ3n) is 5.77. The minimum Gasteiger partial charge on any atom is -0.466 e. The van der Waals surface area contributed by atoms with Crippen LogP contribution in [0.4, 0.5) is 10.1 Å². The van der Waals surface area contributed by atoms with Crippen molar-refractivity contribution < 1.29 is 18.7 Å². The van der Waals surface area contributed by atoms with E-state index in [4.69, 9.17) is 16.3 Å². The Kier molecular flexibility index (Phi) is 9.06. The predicted octanol–water partition coefficient (Wildman–Crippen LogP) is 6.50. The van der Waals surface area contributed by atoms with Gasteiger partial charge in [-0.3, -0.25) is 14.6 Å². The van der Waals surface area contributed by atoms with Gasteiger partial charge in [0, 0.05) is 35.6 Å². The molecule has 38 heavy (non-hydrogen) atoms. The van der Waals surface area contributed by atoms with Gasteiger partial charge >= 0.3 is 5.97 Å². The SMILES string of the molecule is CCOC(=O)CCNC(=O)c1ccc(-c2cc(Cl)cc(CNc3ccc(-c4ccc(F)cc4)cc3)c2)cn1. The van der Waals surface area contributed by atoms with Crippen LogP contribution in [-0.4, -0.2) is 30.0 Å². The molecule has 8 heteroatoms. The number of amides is 1. The molecule has 1 heterocycles. The van der Waals surface area contributed by atoms with E-state index in [1.54, 1.807) is 31.3 Å². The topological polar surface area (TPSA) is 80.3 Å². The number of halogens is 2. The highest BCUT2D eigenvalue weighted by atomic mass is 35.5. The highest BCUT2D eigenvalue weighted by Crippen LogP contribution is 2.26. The van der Waals surface area contributed by atoms with Gasteiger partial charge in [-0.25, -0.2) is 4.39 Å². The van der Waals surface area contributed by atoms with Crippen molar-refractivity contribution in [2.24, 2.45) is 0 Å². The first kappa shape index (κ1) is 26.8. The Morgan fingerprint density at radius 2 is 1.58 bits per heavy atom. The first-order valence-corrected chi connectivity index (χ1v) is 12.6. The summed E-state index contributed by atoms with van der Waals surface area (Å²) >= 11 is 6.39. The van der Waals surface area contributed by atoms with E-state index >= 15 is 0 Å². The summed E-state index contributed by atoms with van der Waals surface area (Å²) in [4.78, 5) is 28.0. The fraction of sp³-hybridized carbons (Fsp3) is 0.167. The summed E-state index contributed by atoms with van der Waals surface area (Å²) in [5, 5.41) is 6.65. The van der Waals surface area contributed by atoms with E-state index in [1.807, 2.05) is 48.5 Å². The number of carbonyl (C=O) groups is 2. The van der Waals surface area contributed by atoms with Crippen molar-refractivity contribution in [2.45, 2.75) is 19.9 Å². The lowest BCUT2D eigenvalue weighted by Gasteiger charge is -2.11. The summed E-state index contributed by atoms with van der Waals surface area (Å²) in [5.41, 5.74) is 5.83. The lowest BCUT2D eigenvalue weighted by Crippen LogP contribution is -2.27. The van der Waals surface area contributed by atoms with Gasteiger partial charge in [0.25, 0.3) is 5.91 Å². The number of hydrogen-bond acceptors (Lipinski definition) is 5. The van der Waals surface area contributed by atoms with Crippen molar-refractivity contribution in [1.29, 1.82) is 0 Å². The first-order chi connectivity index (χ1) is 18.4. The molecule has 3 aromatic carbocycles. The molecule has 0 aliphatic rings. The van der Waals surface area contributed by atoms with Gasteiger partial charge in [0.15, 0.2) is 0 Å². The first-order valence-electron chi connectivity index (χ1n) is 12.2. The van der Waals surface area contributed by atoms with E-state index < -0.39 is 0 Å². The molecule has 0 saturated heterocycles. The molecule has 194 valence electrons. The molecule has 0 saturated carbocycles. The van der Waals surface area contributed by atoms with Gasteiger partial charge < -0.3 is 15.4 Å². The van der Waals surface area contributed by atoms with E-state index in [0.29, 0.717) is 18.2 Å². The molecule has 0 aliphatic heterocycles. The Bertz CT molecular complexity index is 1390. The molecule has 0 aliphatic carbocycles. The van der Waals surface area contributed by atoms with Crippen LogP contribution < -0.4 is 10.6 Å². The molecule has 2 N–H and O–H groups in total. The van der Waals surface area contributed by atoms with Crippen molar-refractivity contribution in [1.82, 2.24) is 10.3 Å². The summed E-state index contributed by atoms with van der Waals surface area (Å²) in [6.07, 6.45) is 1.73. The quantitative estimate of drug-likeness (QED) is 0.228. The lowest BCUT2D eigenvalue weighted by atomic mass is 10.0. The summed E-state index contributed by atoms with van der Waals surface area (Å²) < 4.78 is 18.0. The van der Waals surface area contributed by atoms with Crippen molar-refractivity contribution in [3.8, 4) is 22.3 Å². The molecular weight excluding hydrogens is 505 g/mol. The largest absolute Gasteiger partial charge is 0.466 e. The van der Waals surface area contributed by atoms with Crippen LogP contribution in [0.3, 0.4) is 0 Å². The van der Waals surface area contributed by atoms with Crippen molar-refractivity contribution in [2.75, 3.05) is 18.5 Å².